The van der Waals surface area contributed by atoms with Crippen molar-refractivity contribution in [2.45, 2.75) is 0 Å². The molecule has 0 saturated carbocycles. The molecule has 0 saturated heterocycles. The van der Waals surface area contributed by atoms with Crippen molar-refractivity contribution in [3.8, 4) is 22.6 Å². The molecule has 0 radical (unpaired) electrons. The van der Waals surface area contributed by atoms with E-state index in [0.29, 0.717) is 27.8 Å². The normalized spacial score (nSPS) is 10.8. The Bertz CT molecular complexity index is 870. The average Bonchev–Trinajstić information content (AvgIpc) is 2.56. The van der Waals surface area contributed by atoms with Gasteiger partial charge in [0, 0.05) is 6.07 Å². The van der Waals surface area contributed by atoms with Crippen LogP contribution in [-0.4, -0.2) is 18.9 Å². The van der Waals surface area contributed by atoms with Crippen molar-refractivity contribution >= 4 is 11.0 Å². The molecule has 0 amide bonds. The van der Waals surface area contributed by atoms with Crippen LogP contribution < -0.4 is 15.6 Å². The fourth-order valence-corrected chi connectivity index (χ4v) is 2.21. The van der Waals surface area contributed by atoms with Gasteiger partial charge in [0.1, 0.15) is 23.3 Å². The van der Waals surface area contributed by atoms with Gasteiger partial charge in [0.05, 0.1) is 18.1 Å². The molecule has 0 aliphatic carbocycles. The summed E-state index contributed by atoms with van der Waals surface area (Å²) < 4.78 is 11.0. The SMILES string of the molecule is CONCOc1ccc2c(=O)c(-c3ccc(O)cc3)coc2c1. The third-order valence-electron chi connectivity index (χ3n) is 3.37. The summed E-state index contributed by atoms with van der Waals surface area (Å²) in [6.45, 7) is 0.178. The smallest absolute Gasteiger partial charge is 0.200 e. The molecule has 0 spiro atoms. The number of hydrogen-bond acceptors (Lipinski definition) is 6. The number of fused-ring (bicyclic) bond motifs is 1. The summed E-state index contributed by atoms with van der Waals surface area (Å²) in [5, 5.41) is 9.80. The number of rotatable bonds is 5. The second-order valence-corrected chi connectivity index (χ2v) is 4.82. The van der Waals surface area contributed by atoms with Crippen molar-refractivity contribution in [3.05, 3.63) is 59.0 Å². The molecule has 6 nitrogen and oxygen atoms in total. The van der Waals surface area contributed by atoms with Gasteiger partial charge in [-0.1, -0.05) is 12.1 Å². The van der Waals surface area contributed by atoms with Gasteiger partial charge in [0.15, 0.2) is 12.2 Å². The summed E-state index contributed by atoms with van der Waals surface area (Å²) in [6.07, 6.45) is 1.41. The Hall–Kier alpha value is -2.83. The Morgan fingerprint density at radius 2 is 1.96 bits per heavy atom. The first kappa shape index (κ1) is 15.1. The zero-order valence-corrected chi connectivity index (χ0v) is 12.4. The van der Waals surface area contributed by atoms with E-state index in [2.05, 4.69) is 10.3 Å². The molecular weight excluding hydrogens is 298 g/mol. The molecule has 0 aliphatic rings. The maximum absolute atomic E-state index is 12.6. The van der Waals surface area contributed by atoms with E-state index in [1.165, 1.54) is 25.5 Å². The van der Waals surface area contributed by atoms with Gasteiger partial charge in [-0.2, -0.15) is 5.48 Å². The predicted molar refractivity (Wildman–Crippen MR) is 85.2 cm³/mol. The number of phenolic OH excluding ortho intramolecular Hbond substituents is 1. The quantitative estimate of drug-likeness (QED) is 0.428. The second-order valence-electron chi connectivity index (χ2n) is 4.82. The summed E-state index contributed by atoms with van der Waals surface area (Å²) in [7, 11) is 1.49. The van der Waals surface area contributed by atoms with Gasteiger partial charge in [0.2, 0.25) is 0 Å². The van der Waals surface area contributed by atoms with Crippen molar-refractivity contribution in [2.24, 2.45) is 0 Å². The van der Waals surface area contributed by atoms with E-state index in [9.17, 15) is 9.90 Å². The van der Waals surface area contributed by atoms with Gasteiger partial charge in [-0.3, -0.25) is 4.79 Å². The summed E-state index contributed by atoms with van der Waals surface area (Å²) >= 11 is 0. The Labute approximate surface area is 131 Å². The van der Waals surface area contributed by atoms with Gasteiger partial charge in [-0.05, 0) is 29.8 Å². The third-order valence-corrected chi connectivity index (χ3v) is 3.37. The zero-order chi connectivity index (χ0) is 16.2. The first-order valence-corrected chi connectivity index (χ1v) is 6.92. The summed E-state index contributed by atoms with van der Waals surface area (Å²) in [4.78, 5) is 17.3. The fraction of sp³-hybridized carbons (Fsp3) is 0.118. The molecule has 0 aliphatic heterocycles. The van der Waals surface area contributed by atoms with E-state index in [1.54, 1.807) is 30.3 Å². The van der Waals surface area contributed by atoms with Crippen LogP contribution in [0.5, 0.6) is 11.5 Å². The van der Waals surface area contributed by atoms with Gasteiger partial charge in [-0.15, -0.1) is 0 Å². The molecule has 2 N–H and O–H groups in total. The molecule has 0 bridgehead atoms. The molecule has 1 aromatic heterocycles. The topological polar surface area (TPSA) is 80.9 Å². The minimum atomic E-state index is -0.140. The molecule has 6 heteroatoms. The Balaban J connectivity index is 1.98. The molecule has 0 fully saturated rings. The molecular formula is C17H15NO5. The van der Waals surface area contributed by atoms with Crippen molar-refractivity contribution in [2.75, 3.05) is 13.8 Å². The first-order valence-electron chi connectivity index (χ1n) is 6.92. The van der Waals surface area contributed by atoms with Crippen molar-refractivity contribution in [1.29, 1.82) is 0 Å². The summed E-state index contributed by atoms with van der Waals surface area (Å²) in [5.74, 6) is 0.702. The molecule has 0 atom stereocenters. The van der Waals surface area contributed by atoms with Crippen LogP contribution in [0, 0.1) is 0 Å². The second kappa shape index (κ2) is 6.51. The number of aromatic hydroxyl groups is 1. The predicted octanol–water partition coefficient (Wildman–Crippen LogP) is 2.65. The highest BCUT2D eigenvalue weighted by Gasteiger charge is 2.10. The maximum Gasteiger partial charge on any atom is 0.200 e. The molecule has 0 unspecified atom stereocenters. The fourth-order valence-electron chi connectivity index (χ4n) is 2.21. The van der Waals surface area contributed by atoms with Crippen LogP contribution in [0.4, 0.5) is 0 Å². The summed E-state index contributed by atoms with van der Waals surface area (Å²) in [6, 6.07) is 11.4. The Morgan fingerprint density at radius 1 is 1.17 bits per heavy atom. The van der Waals surface area contributed by atoms with Crippen LogP contribution in [0.1, 0.15) is 0 Å². The molecule has 1 heterocycles. The van der Waals surface area contributed by atoms with E-state index < -0.39 is 0 Å². The van der Waals surface area contributed by atoms with E-state index in [-0.39, 0.29) is 17.9 Å². The Morgan fingerprint density at radius 3 is 2.70 bits per heavy atom. The van der Waals surface area contributed by atoms with Crippen LogP contribution in [0.2, 0.25) is 0 Å². The lowest BCUT2D eigenvalue weighted by Gasteiger charge is -2.07. The van der Waals surface area contributed by atoms with E-state index in [4.69, 9.17) is 9.15 Å². The van der Waals surface area contributed by atoms with Crippen molar-refractivity contribution < 1.29 is 19.1 Å². The van der Waals surface area contributed by atoms with E-state index in [0.717, 1.165) is 0 Å². The molecule has 3 aromatic rings. The van der Waals surface area contributed by atoms with Gasteiger partial charge in [0.25, 0.3) is 0 Å². The highest BCUT2D eigenvalue weighted by Crippen LogP contribution is 2.24. The van der Waals surface area contributed by atoms with Gasteiger partial charge in [-0.25, -0.2) is 0 Å². The number of benzene rings is 2. The molecule has 2 aromatic carbocycles. The minimum absolute atomic E-state index is 0.140. The first-order chi connectivity index (χ1) is 11.2. The monoisotopic (exact) mass is 313 g/mol. The minimum Gasteiger partial charge on any atom is -0.508 e. The Kier molecular flexibility index (Phi) is 4.27. The number of nitrogens with one attached hydrogen (secondary N) is 1. The van der Waals surface area contributed by atoms with E-state index in [1.807, 2.05) is 0 Å². The zero-order valence-electron chi connectivity index (χ0n) is 12.4. The summed E-state index contributed by atoms with van der Waals surface area (Å²) in [5.41, 5.74) is 3.97. The molecule has 3 rings (SSSR count). The van der Waals surface area contributed by atoms with Crippen LogP contribution in [-0.2, 0) is 4.84 Å². The average molecular weight is 313 g/mol. The molecule has 23 heavy (non-hydrogen) atoms. The maximum atomic E-state index is 12.6. The number of hydrogen-bond donors (Lipinski definition) is 2. The van der Waals surface area contributed by atoms with Gasteiger partial charge < -0.3 is 19.1 Å². The van der Waals surface area contributed by atoms with Crippen LogP contribution in [0.15, 0.2) is 57.9 Å². The van der Waals surface area contributed by atoms with Gasteiger partial charge >= 0.3 is 0 Å². The van der Waals surface area contributed by atoms with Crippen LogP contribution in [0.3, 0.4) is 0 Å². The standard InChI is InChI=1S/C17H15NO5/c1-21-18-10-23-13-6-7-14-16(8-13)22-9-15(17(14)20)11-2-4-12(19)5-3-11/h2-9,18-19H,10H2,1H3. The molecule has 118 valence electrons. The number of ether oxygens (including phenoxy) is 1. The largest absolute Gasteiger partial charge is 0.508 e. The number of hydroxylamine groups is 1. The van der Waals surface area contributed by atoms with Crippen LogP contribution >= 0.6 is 0 Å². The highest BCUT2D eigenvalue weighted by molar-refractivity contribution is 5.82. The van der Waals surface area contributed by atoms with E-state index >= 15 is 0 Å². The van der Waals surface area contributed by atoms with Crippen molar-refractivity contribution in [1.82, 2.24) is 5.48 Å². The van der Waals surface area contributed by atoms with Crippen LogP contribution in [0.25, 0.3) is 22.1 Å². The number of phenols is 1. The lowest BCUT2D eigenvalue weighted by Crippen LogP contribution is -2.18. The third kappa shape index (κ3) is 3.18. The lowest BCUT2D eigenvalue weighted by molar-refractivity contribution is 0.0409. The highest BCUT2D eigenvalue weighted by atomic mass is 16.7. The lowest BCUT2D eigenvalue weighted by atomic mass is 10.1. The van der Waals surface area contributed by atoms with Crippen molar-refractivity contribution in [3.63, 3.8) is 0 Å².